The quantitative estimate of drug-likeness (QED) is 0.176. The Kier molecular flexibility index (Phi) is 7.85. The smallest absolute Gasteiger partial charge is 0.227 e. The molecular weight excluding hydrogens is 551 g/mol. The molecule has 8 heteroatoms. The van der Waals surface area contributed by atoms with Crippen molar-refractivity contribution in [1.82, 2.24) is 9.97 Å². The van der Waals surface area contributed by atoms with Gasteiger partial charge in [0, 0.05) is 45.1 Å². The molecule has 0 radical (unpaired) electrons. The van der Waals surface area contributed by atoms with Gasteiger partial charge in [-0.05, 0) is 68.0 Å². The first-order valence-corrected chi connectivity index (χ1v) is 14.4. The number of fused-ring (bicyclic) bond motifs is 3. The number of allylic oxidation sites excluding steroid dienone is 1. The normalized spacial score (nSPS) is 17.7. The molecular formula is C34H30ClFN4O2. The Labute approximate surface area is 249 Å². The van der Waals surface area contributed by atoms with Crippen molar-refractivity contribution in [2.24, 2.45) is 16.8 Å². The molecule has 2 aliphatic rings. The minimum Gasteiger partial charge on any atom is -0.496 e. The lowest BCUT2D eigenvalue weighted by Gasteiger charge is -2.25. The van der Waals surface area contributed by atoms with Gasteiger partial charge in [-0.1, -0.05) is 41.9 Å². The maximum Gasteiger partial charge on any atom is 0.227 e. The second-order valence-electron chi connectivity index (χ2n) is 10.7. The number of aliphatic imine (C=N–C) groups is 1. The minimum absolute atomic E-state index is 0.0331. The lowest BCUT2D eigenvalue weighted by Crippen LogP contribution is -2.21. The van der Waals surface area contributed by atoms with Crippen LogP contribution in [0.4, 0.5) is 16.0 Å². The van der Waals surface area contributed by atoms with Crippen LogP contribution in [0.5, 0.6) is 5.75 Å². The van der Waals surface area contributed by atoms with Gasteiger partial charge in [0.25, 0.3) is 0 Å². The van der Waals surface area contributed by atoms with E-state index in [-0.39, 0.29) is 23.8 Å². The first kappa shape index (κ1) is 27.8. The number of ether oxygens (including phenoxy) is 1. The maximum absolute atomic E-state index is 15.2. The zero-order chi connectivity index (χ0) is 29.2. The molecule has 6 rings (SSSR count). The third-order valence-electron chi connectivity index (χ3n) is 8.08. The molecule has 1 N–H and O–H groups in total. The van der Waals surface area contributed by atoms with Crippen molar-refractivity contribution in [3.8, 4) is 17.0 Å². The molecule has 0 saturated heterocycles. The summed E-state index contributed by atoms with van der Waals surface area (Å²) in [5, 5.41) is 3.76. The van der Waals surface area contributed by atoms with E-state index in [1.165, 1.54) is 13.2 Å². The molecule has 0 amide bonds. The number of benzene rings is 3. The van der Waals surface area contributed by atoms with Gasteiger partial charge in [-0.3, -0.25) is 9.79 Å². The Bertz CT molecular complexity index is 1710. The van der Waals surface area contributed by atoms with Crippen LogP contribution in [0.15, 0.2) is 84.5 Å². The molecule has 2 heterocycles. The fourth-order valence-electron chi connectivity index (χ4n) is 5.83. The molecule has 1 aliphatic heterocycles. The number of methoxy groups -OCH3 is 1. The summed E-state index contributed by atoms with van der Waals surface area (Å²) < 4.78 is 20.6. The molecule has 212 valence electrons. The number of nitrogens with one attached hydrogen (secondary N) is 1. The van der Waals surface area contributed by atoms with Crippen LogP contribution in [0.2, 0.25) is 5.02 Å². The van der Waals surface area contributed by atoms with Crippen LogP contribution in [-0.4, -0.2) is 28.6 Å². The van der Waals surface area contributed by atoms with E-state index in [2.05, 4.69) is 16.9 Å². The van der Waals surface area contributed by atoms with Gasteiger partial charge in [0.1, 0.15) is 11.6 Å². The standard InChI is InChI=1S/C34H30ClFN4O2/c1-3-20-10-12-21(13-11-20)33(41)22-6-4-7-25(16-22)39-34-38-19-23-18-37-32(30-28(36)8-5-9-29(30)42-2)27-17-24(35)14-15-26(27)31(23)40-34/h3-9,14-17,19-21H,1,10-13,18H2,2H3,(H,38,39,40). The third-order valence-corrected chi connectivity index (χ3v) is 8.31. The Hall–Kier alpha value is -4.36. The average molecular weight is 581 g/mol. The number of carbonyl (C=O) groups is 1. The van der Waals surface area contributed by atoms with Gasteiger partial charge in [-0.2, -0.15) is 0 Å². The average Bonchev–Trinajstić information content (AvgIpc) is 3.17. The van der Waals surface area contributed by atoms with E-state index in [4.69, 9.17) is 26.3 Å². The number of Topliss-reactive ketones (excluding diaryl/α,β-unsaturated/α-hetero) is 1. The number of carbonyl (C=O) groups excluding carboxylic acids is 1. The van der Waals surface area contributed by atoms with Gasteiger partial charge < -0.3 is 10.1 Å². The third kappa shape index (κ3) is 5.44. The van der Waals surface area contributed by atoms with Crippen molar-refractivity contribution in [2.45, 2.75) is 32.2 Å². The van der Waals surface area contributed by atoms with E-state index in [1.54, 1.807) is 30.5 Å². The van der Waals surface area contributed by atoms with Gasteiger partial charge in [0.05, 0.1) is 30.6 Å². The van der Waals surface area contributed by atoms with Crippen molar-refractivity contribution in [3.63, 3.8) is 0 Å². The van der Waals surface area contributed by atoms with Crippen LogP contribution < -0.4 is 10.1 Å². The molecule has 0 spiro atoms. The van der Waals surface area contributed by atoms with Crippen molar-refractivity contribution in [2.75, 3.05) is 12.4 Å². The van der Waals surface area contributed by atoms with E-state index >= 15 is 4.39 Å². The van der Waals surface area contributed by atoms with Crippen LogP contribution in [0, 0.1) is 17.7 Å². The van der Waals surface area contributed by atoms with Crippen LogP contribution >= 0.6 is 11.6 Å². The van der Waals surface area contributed by atoms with E-state index in [0.717, 1.165) is 42.5 Å². The number of rotatable bonds is 7. The molecule has 3 aromatic carbocycles. The first-order valence-electron chi connectivity index (χ1n) is 14.0. The second kappa shape index (κ2) is 11.9. The van der Waals surface area contributed by atoms with Gasteiger partial charge in [-0.15, -0.1) is 6.58 Å². The van der Waals surface area contributed by atoms with E-state index < -0.39 is 5.82 Å². The molecule has 1 aliphatic carbocycles. The monoisotopic (exact) mass is 580 g/mol. The summed E-state index contributed by atoms with van der Waals surface area (Å²) >= 11 is 6.42. The van der Waals surface area contributed by atoms with E-state index in [0.29, 0.717) is 45.2 Å². The fourth-order valence-corrected chi connectivity index (χ4v) is 6.01. The Morgan fingerprint density at radius 2 is 1.88 bits per heavy atom. The molecule has 1 aromatic heterocycles. The SMILES string of the molecule is C=CC1CCC(C(=O)c2cccc(Nc3ncc4c(n3)-c3ccc(Cl)cc3C(c3c(F)cccc3OC)=NC4)c2)CC1. The van der Waals surface area contributed by atoms with Crippen molar-refractivity contribution in [3.05, 3.63) is 113 Å². The highest BCUT2D eigenvalue weighted by molar-refractivity contribution is 6.31. The first-order chi connectivity index (χ1) is 20.4. The van der Waals surface area contributed by atoms with Gasteiger partial charge in [-0.25, -0.2) is 14.4 Å². The summed E-state index contributed by atoms with van der Waals surface area (Å²) in [5.74, 6) is 1.01. The number of anilines is 2. The summed E-state index contributed by atoms with van der Waals surface area (Å²) in [6.45, 7) is 4.15. The lowest BCUT2D eigenvalue weighted by molar-refractivity contribution is 0.0880. The molecule has 0 unspecified atom stereocenters. The summed E-state index contributed by atoms with van der Waals surface area (Å²) in [5.41, 5.74) is 4.94. The highest BCUT2D eigenvalue weighted by atomic mass is 35.5. The Morgan fingerprint density at radius 1 is 1.07 bits per heavy atom. The van der Waals surface area contributed by atoms with Crippen LogP contribution in [0.25, 0.3) is 11.3 Å². The molecule has 0 atom stereocenters. The lowest BCUT2D eigenvalue weighted by atomic mass is 9.78. The second-order valence-corrected chi connectivity index (χ2v) is 11.1. The Balaban J connectivity index is 1.32. The molecule has 4 aromatic rings. The number of halogens is 2. The number of hydrogen-bond donors (Lipinski definition) is 1. The summed E-state index contributed by atoms with van der Waals surface area (Å²) in [4.78, 5) is 27.4. The predicted octanol–water partition coefficient (Wildman–Crippen LogP) is 8.21. The Morgan fingerprint density at radius 3 is 2.67 bits per heavy atom. The molecule has 1 fully saturated rings. The summed E-state index contributed by atoms with van der Waals surface area (Å²) in [6.07, 6.45) is 7.50. The van der Waals surface area contributed by atoms with Crippen molar-refractivity contribution >= 4 is 34.7 Å². The molecule has 0 bridgehead atoms. The predicted molar refractivity (Wildman–Crippen MR) is 164 cm³/mol. The van der Waals surface area contributed by atoms with Crippen LogP contribution in [-0.2, 0) is 6.54 Å². The van der Waals surface area contributed by atoms with E-state index in [9.17, 15) is 4.79 Å². The van der Waals surface area contributed by atoms with E-state index in [1.807, 2.05) is 36.4 Å². The van der Waals surface area contributed by atoms with Crippen molar-refractivity contribution in [1.29, 1.82) is 0 Å². The number of nitrogens with zero attached hydrogens (tertiary/aromatic N) is 3. The highest BCUT2D eigenvalue weighted by Crippen LogP contribution is 2.37. The molecule has 42 heavy (non-hydrogen) atoms. The maximum atomic E-state index is 15.2. The van der Waals surface area contributed by atoms with Gasteiger partial charge in [0.2, 0.25) is 5.95 Å². The van der Waals surface area contributed by atoms with Crippen molar-refractivity contribution < 1.29 is 13.9 Å². The topological polar surface area (TPSA) is 76.5 Å². The number of aromatic nitrogens is 2. The largest absolute Gasteiger partial charge is 0.496 e. The fraction of sp³-hybridized carbons (Fsp3) is 0.235. The minimum atomic E-state index is -0.443. The number of hydrogen-bond acceptors (Lipinski definition) is 6. The zero-order valence-corrected chi connectivity index (χ0v) is 24.0. The highest BCUT2D eigenvalue weighted by Gasteiger charge is 2.27. The molecule has 1 saturated carbocycles. The summed E-state index contributed by atoms with van der Waals surface area (Å²) in [6, 6.07) is 17.6. The summed E-state index contributed by atoms with van der Waals surface area (Å²) in [7, 11) is 1.50. The van der Waals surface area contributed by atoms with Gasteiger partial charge >= 0.3 is 0 Å². The van der Waals surface area contributed by atoms with Gasteiger partial charge in [0.15, 0.2) is 5.78 Å². The zero-order valence-electron chi connectivity index (χ0n) is 23.2. The number of ketones is 1. The van der Waals surface area contributed by atoms with Crippen LogP contribution in [0.3, 0.4) is 0 Å². The van der Waals surface area contributed by atoms with Crippen LogP contribution in [0.1, 0.15) is 52.7 Å². The molecule has 6 nitrogen and oxygen atoms in total.